The summed E-state index contributed by atoms with van der Waals surface area (Å²) in [4.78, 5) is 25.5. The molecule has 0 bridgehead atoms. The summed E-state index contributed by atoms with van der Waals surface area (Å²) in [5.41, 5.74) is 0.862. The minimum atomic E-state index is -3.68. The van der Waals surface area contributed by atoms with E-state index in [4.69, 9.17) is 0 Å². The van der Waals surface area contributed by atoms with Crippen LogP contribution >= 0.6 is 0 Å². The molecule has 1 aliphatic heterocycles. The number of sulfonamides is 1. The number of aliphatic carboxylic acids is 1. The molecule has 0 saturated carbocycles. The zero-order chi connectivity index (χ0) is 18.8. The largest absolute Gasteiger partial charge is 0.480 e. The Kier molecular flexibility index (Phi) is 5.84. The summed E-state index contributed by atoms with van der Waals surface area (Å²) in [6.07, 6.45) is 1.04. The Morgan fingerprint density at radius 2 is 1.92 bits per heavy atom. The van der Waals surface area contributed by atoms with Gasteiger partial charge in [0, 0.05) is 25.2 Å². The Hall–Kier alpha value is -1.93. The van der Waals surface area contributed by atoms with Crippen molar-refractivity contribution in [3.8, 4) is 0 Å². The molecule has 1 aromatic carbocycles. The van der Waals surface area contributed by atoms with E-state index in [1.165, 1.54) is 21.3 Å². The molecule has 0 aliphatic carbocycles. The fourth-order valence-corrected chi connectivity index (χ4v) is 4.61. The fraction of sp³-hybridized carbons (Fsp3) is 0.529. The predicted octanol–water partition coefficient (Wildman–Crippen LogP) is 1.71. The highest BCUT2D eigenvalue weighted by molar-refractivity contribution is 7.89. The zero-order valence-electron chi connectivity index (χ0n) is 14.7. The number of likely N-dealkylation sites (tertiary alicyclic amines) is 1. The smallest absolute Gasteiger partial charge is 0.326 e. The molecule has 0 aromatic heterocycles. The van der Waals surface area contributed by atoms with Crippen molar-refractivity contribution in [3.63, 3.8) is 0 Å². The summed E-state index contributed by atoms with van der Waals surface area (Å²) in [6.45, 7) is 6.26. The van der Waals surface area contributed by atoms with Gasteiger partial charge in [-0.15, -0.1) is 0 Å². The first-order chi connectivity index (χ1) is 11.7. The van der Waals surface area contributed by atoms with Crippen molar-refractivity contribution in [1.82, 2.24) is 9.21 Å². The number of carbonyl (C=O) groups is 2. The van der Waals surface area contributed by atoms with E-state index < -0.39 is 27.9 Å². The van der Waals surface area contributed by atoms with Crippen molar-refractivity contribution in [1.29, 1.82) is 0 Å². The van der Waals surface area contributed by atoms with Crippen LogP contribution in [0.5, 0.6) is 0 Å². The van der Waals surface area contributed by atoms with Gasteiger partial charge in [-0.05, 0) is 37.5 Å². The molecule has 0 radical (unpaired) electrons. The first-order valence-corrected chi connectivity index (χ1v) is 9.82. The van der Waals surface area contributed by atoms with E-state index in [1.54, 1.807) is 26.8 Å². The highest BCUT2D eigenvalue weighted by Crippen LogP contribution is 2.25. The number of carboxylic acid groups (broad SMARTS) is 1. The monoisotopic (exact) mass is 368 g/mol. The topological polar surface area (TPSA) is 95.0 Å². The molecule has 138 valence electrons. The number of amides is 1. The third-order valence-corrected chi connectivity index (χ3v) is 6.63. The van der Waals surface area contributed by atoms with Crippen molar-refractivity contribution in [2.24, 2.45) is 0 Å². The van der Waals surface area contributed by atoms with Crippen molar-refractivity contribution in [2.45, 2.75) is 44.6 Å². The van der Waals surface area contributed by atoms with Crippen LogP contribution in [0.15, 0.2) is 23.1 Å². The van der Waals surface area contributed by atoms with Crippen LogP contribution in [0, 0.1) is 6.92 Å². The fourth-order valence-electron chi connectivity index (χ4n) is 3.13. The van der Waals surface area contributed by atoms with Gasteiger partial charge in [0.15, 0.2) is 0 Å². The second-order valence-electron chi connectivity index (χ2n) is 6.06. The third-order valence-electron chi connectivity index (χ3n) is 4.58. The average Bonchev–Trinajstić information content (AvgIpc) is 3.05. The van der Waals surface area contributed by atoms with E-state index in [-0.39, 0.29) is 10.5 Å². The molecule has 0 spiro atoms. The minimum Gasteiger partial charge on any atom is -0.480 e. The van der Waals surface area contributed by atoms with Crippen molar-refractivity contribution in [2.75, 3.05) is 19.6 Å². The lowest BCUT2D eigenvalue weighted by atomic mass is 10.1. The SMILES string of the molecule is CCN(CC)S(=O)(=O)c1ccc(C)c(C(=O)N2CCC[C@H]2C(=O)O)c1. The molecule has 1 atom stereocenters. The first kappa shape index (κ1) is 19.4. The van der Waals surface area contributed by atoms with Crippen LogP contribution in [0.25, 0.3) is 0 Å². The molecule has 2 rings (SSSR count). The van der Waals surface area contributed by atoms with Gasteiger partial charge in [0.2, 0.25) is 10.0 Å². The number of nitrogens with zero attached hydrogens (tertiary/aromatic N) is 2. The second kappa shape index (κ2) is 7.53. The van der Waals surface area contributed by atoms with Crippen LogP contribution in [0.3, 0.4) is 0 Å². The first-order valence-electron chi connectivity index (χ1n) is 8.38. The molecule has 0 unspecified atom stereocenters. The van der Waals surface area contributed by atoms with Gasteiger partial charge < -0.3 is 10.0 Å². The van der Waals surface area contributed by atoms with Gasteiger partial charge in [0.1, 0.15) is 6.04 Å². The number of carbonyl (C=O) groups excluding carboxylic acids is 1. The van der Waals surface area contributed by atoms with Crippen LogP contribution in [-0.4, -0.2) is 60.3 Å². The molecule has 7 nitrogen and oxygen atoms in total. The van der Waals surface area contributed by atoms with Crippen LogP contribution in [0.4, 0.5) is 0 Å². The van der Waals surface area contributed by atoms with Crippen molar-refractivity contribution >= 4 is 21.9 Å². The Balaban J connectivity index is 2.43. The van der Waals surface area contributed by atoms with E-state index in [1.807, 2.05) is 0 Å². The standard InChI is InChI=1S/C17H24N2O5S/c1-4-18(5-2)25(23,24)13-9-8-12(3)14(11-13)16(20)19-10-6-7-15(19)17(21)22/h8-9,11,15H,4-7,10H2,1-3H3,(H,21,22)/t15-/m0/s1. The van der Waals surface area contributed by atoms with Gasteiger partial charge in [0.05, 0.1) is 4.90 Å². The highest BCUT2D eigenvalue weighted by atomic mass is 32.2. The Labute approximate surface area is 148 Å². The maximum atomic E-state index is 12.8. The van der Waals surface area contributed by atoms with Gasteiger partial charge in [-0.25, -0.2) is 13.2 Å². The molecule has 1 aromatic rings. The number of aryl methyl sites for hydroxylation is 1. The number of hydrogen-bond acceptors (Lipinski definition) is 4. The van der Waals surface area contributed by atoms with E-state index in [0.717, 1.165) is 0 Å². The van der Waals surface area contributed by atoms with Crippen LogP contribution < -0.4 is 0 Å². The van der Waals surface area contributed by atoms with E-state index in [9.17, 15) is 23.1 Å². The lowest BCUT2D eigenvalue weighted by Gasteiger charge is -2.23. The number of carboxylic acids is 1. The molecule has 1 heterocycles. The maximum absolute atomic E-state index is 12.8. The van der Waals surface area contributed by atoms with Crippen molar-refractivity contribution in [3.05, 3.63) is 29.3 Å². The highest BCUT2D eigenvalue weighted by Gasteiger charge is 2.35. The molecule has 8 heteroatoms. The zero-order valence-corrected chi connectivity index (χ0v) is 15.5. The van der Waals surface area contributed by atoms with Gasteiger partial charge in [-0.3, -0.25) is 4.79 Å². The molecule has 1 saturated heterocycles. The molecule has 25 heavy (non-hydrogen) atoms. The van der Waals surface area contributed by atoms with Gasteiger partial charge in [-0.2, -0.15) is 4.31 Å². The summed E-state index contributed by atoms with van der Waals surface area (Å²) in [5, 5.41) is 9.27. The Bertz CT molecular complexity index is 771. The molecule has 1 N–H and O–H groups in total. The van der Waals surface area contributed by atoms with E-state index in [2.05, 4.69) is 0 Å². The van der Waals surface area contributed by atoms with Gasteiger partial charge in [-0.1, -0.05) is 19.9 Å². The van der Waals surface area contributed by atoms with Crippen LogP contribution in [0.1, 0.15) is 42.6 Å². The lowest BCUT2D eigenvalue weighted by molar-refractivity contribution is -0.141. The molecule has 1 amide bonds. The lowest BCUT2D eigenvalue weighted by Crippen LogP contribution is -2.40. The summed E-state index contributed by atoms with van der Waals surface area (Å²) >= 11 is 0. The maximum Gasteiger partial charge on any atom is 0.326 e. The second-order valence-corrected chi connectivity index (χ2v) is 8.00. The number of hydrogen-bond donors (Lipinski definition) is 1. The quantitative estimate of drug-likeness (QED) is 0.825. The normalized spacial score (nSPS) is 17.9. The Morgan fingerprint density at radius 3 is 2.48 bits per heavy atom. The number of rotatable bonds is 6. The minimum absolute atomic E-state index is 0.0521. The molecule has 1 fully saturated rings. The van der Waals surface area contributed by atoms with E-state index >= 15 is 0 Å². The third kappa shape index (κ3) is 3.69. The molecular weight excluding hydrogens is 344 g/mol. The summed E-state index contributed by atoms with van der Waals surface area (Å²) < 4.78 is 26.7. The van der Waals surface area contributed by atoms with E-state index in [0.29, 0.717) is 38.0 Å². The summed E-state index contributed by atoms with van der Waals surface area (Å²) in [7, 11) is -3.68. The average molecular weight is 368 g/mol. The number of benzene rings is 1. The summed E-state index contributed by atoms with van der Waals surface area (Å²) in [5.74, 6) is -1.46. The molecular formula is C17H24N2O5S. The van der Waals surface area contributed by atoms with Gasteiger partial charge in [0.25, 0.3) is 5.91 Å². The van der Waals surface area contributed by atoms with Crippen molar-refractivity contribution < 1.29 is 23.1 Å². The predicted molar refractivity (Wildman–Crippen MR) is 93.0 cm³/mol. The molecule has 1 aliphatic rings. The van der Waals surface area contributed by atoms with Crippen LogP contribution in [-0.2, 0) is 14.8 Å². The van der Waals surface area contributed by atoms with Gasteiger partial charge >= 0.3 is 5.97 Å². The van der Waals surface area contributed by atoms with Crippen LogP contribution in [0.2, 0.25) is 0 Å². The summed E-state index contributed by atoms with van der Waals surface area (Å²) in [6, 6.07) is 3.59. The Morgan fingerprint density at radius 1 is 1.28 bits per heavy atom.